The van der Waals surface area contributed by atoms with Crippen LogP contribution in [0.2, 0.25) is 0 Å². The number of benzene rings is 1. The summed E-state index contributed by atoms with van der Waals surface area (Å²) in [5.74, 6) is -2.48. The van der Waals surface area contributed by atoms with Crippen LogP contribution in [0.25, 0.3) is 0 Å². The molecule has 0 aromatic heterocycles. The molecule has 0 saturated carbocycles. The summed E-state index contributed by atoms with van der Waals surface area (Å²) in [5, 5.41) is 0. The molecule has 0 saturated heterocycles. The molecule has 3 nitrogen and oxygen atoms in total. The summed E-state index contributed by atoms with van der Waals surface area (Å²) in [7, 11) is -3.79. The van der Waals surface area contributed by atoms with Crippen LogP contribution in [0, 0.1) is 11.6 Å². The van der Waals surface area contributed by atoms with Crippen LogP contribution in [-0.2, 0) is 10.0 Å². The first kappa shape index (κ1) is 12.2. The number of halogens is 3. The van der Waals surface area contributed by atoms with E-state index in [0.717, 1.165) is 18.2 Å². The minimum Gasteiger partial charge on any atom is -0.278 e. The van der Waals surface area contributed by atoms with Gasteiger partial charge in [-0.3, -0.25) is 4.72 Å². The fourth-order valence-corrected chi connectivity index (χ4v) is 2.32. The first-order valence-electron chi connectivity index (χ1n) is 3.97. The summed E-state index contributed by atoms with van der Waals surface area (Å²) < 4.78 is 50.2. The summed E-state index contributed by atoms with van der Waals surface area (Å²) in [6.45, 7) is 0. The van der Waals surface area contributed by atoms with Crippen LogP contribution in [0.5, 0.6) is 0 Å². The highest BCUT2D eigenvalue weighted by atomic mass is 35.5. The Morgan fingerprint density at radius 1 is 1.27 bits per heavy atom. The van der Waals surface area contributed by atoms with E-state index < -0.39 is 33.1 Å². The van der Waals surface area contributed by atoms with Gasteiger partial charge < -0.3 is 0 Å². The molecule has 1 rings (SSSR count). The van der Waals surface area contributed by atoms with Crippen LogP contribution in [0.3, 0.4) is 0 Å². The van der Waals surface area contributed by atoms with Gasteiger partial charge >= 0.3 is 0 Å². The first-order valence-corrected chi connectivity index (χ1v) is 6.15. The van der Waals surface area contributed by atoms with E-state index in [0.29, 0.717) is 0 Å². The van der Waals surface area contributed by atoms with Gasteiger partial charge in [-0.25, -0.2) is 17.2 Å². The van der Waals surface area contributed by atoms with Crippen LogP contribution in [-0.4, -0.2) is 20.1 Å². The van der Waals surface area contributed by atoms with Crippen LogP contribution in [0.15, 0.2) is 18.2 Å². The number of hydrogen-bond acceptors (Lipinski definition) is 2. The number of sulfonamides is 1. The molecule has 0 aliphatic heterocycles. The van der Waals surface area contributed by atoms with Gasteiger partial charge in [0.05, 0.1) is 5.75 Å². The Bertz CT molecular complexity index is 430. The zero-order valence-electron chi connectivity index (χ0n) is 7.50. The van der Waals surface area contributed by atoms with E-state index in [1.54, 1.807) is 4.72 Å². The Labute approximate surface area is 91.1 Å². The predicted molar refractivity (Wildman–Crippen MR) is 54.5 cm³/mol. The van der Waals surface area contributed by atoms with E-state index >= 15 is 0 Å². The van der Waals surface area contributed by atoms with Crippen molar-refractivity contribution in [3.63, 3.8) is 0 Å². The van der Waals surface area contributed by atoms with Crippen LogP contribution >= 0.6 is 11.6 Å². The second kappa shape index (κ2) is 4.76. The lowest BCUT2D eigenvalue weighted by atomic mass is 10.3. The minimum absolute atomic E-state index is 0.147. The van der Waals surface area contributed by atoms with Crippen molar-refractivity contribution in [2.45, 2.75) is 0 Å². The van der Waals surface area contributed by atoms with Gasteiger partial charge in [0.2, 0.25) is 10.0 Å². The van der Waals surface area contributed by atoms with E-state index in [4.69, 9.17) is 11.6 Å². The van der Waals surface area contributed by atoms with Crippen molar-refractivity contribution in [1.82, 2.24) is 0 Å². The monoisotopic (exact) mass is 255 g/mol. The second-order valence-electron chi connectivity index (χ2n) is 2.71. The smallest absolute Gasteiger partial charge is 0.234 e. The number of anilines is 1. The highest BCUT2D eigenvalue weighted by molar-refractivity contribution is 7.92. The molecular formula is C8H8ClF2NO2S. The van der Waals surface area contributed by atoms with Crippen molar-refractivity contribution < 1.29 is 17.2 Å². The maximum absolute atomic E-state index is 13.0. The SMILES string of the molecule is O=S(=O)(CCCl)Nc1c(F)cccc1F. The Kier molecular flexibility index (Phi) is 3.87. The largest absolute Gasteiger partial charge is 0.278 e. The van der Waals surface area contributed by atoms with Crippen molar-refractivity contribution in [3.05, 3.63) is 29.8 Å². The number of para-hydroxylation sites is 1. The van der Waals surface area contributed by atoms with Gasteiger partial charge in [-0.05, 0) is 12.1 Å². The lowest BCUT2D eigenvalue weighted by Crippen LogP contribution is -2.19. The standard InChI is InChI=1S/C8H8ClF2NO2S/c9-4-5-15(13,14)12-8-6(10)2-1-3-7(8)11/h1-3,12H,4-5H2. The van der Waals surface area contributed by atoms with E-state index in [9.17, 15) is 17.2 Å². The molecule has 1 aromatic rings. The van der Waals surface area contributed by atoms with Gasteiger partial charge in [0.25, 0.3) is 0 Å². The molecule has 7 heteroatoms. The molecule has 0 bridgehead atoms. The Morgan fingerprint density at radius 2 is 1.80 bits per heavy atom. The zero-order valence-corrected chi connectivity index (χ0v) is 9.08. The number of nitrogens with one attached hydrogen (secondary N) is 1. The Morgan fingerprint density at radius 3 is 2.27 bits per heavy atom. The fraction of sp³-hybridized carbons (Fsp3) is 0.250. The van der Waals surface area contributed by atoms with E-state index in [2.05, 4.69) is 0 Å². The van der Waals surface area contributed by atoms with Crippen LogP contribution in [0.1, 0.15) is 0 Å². The average molecular weight is 256 g/mol. The molecule has 0 spiro atoms. The topological polar surface area (TPSA) is 46.2 Å². The van der Waals surface area contributed by atoms with Crippen molar-refractivity contribution in [2.24, 2.45) is 0 Å². The van der Waals surface area contributed by atoms with E-state index in [1.165, 1.54) is 0 Å². The highest BCUT2D eigenvalue weighted by Crippen LogP contribution is 2.19. The Balaban J connectivity index is 2.99. The molecule has 0 heterocycles. The average Bonchev–Trinajstić information content (AvgIpc) is 2.11. The number of hydrogen-bond donors (Lipinski definition) is 1. The summed E-state index contributed by atoms with van der Waals surface area (Å²) >= 11 is 5.23. The van der Waals surface area contributed by atoms with Crippen molar-refractivity contribution >= 4 is 27.3 Å². The van der Waals surface area contributed by atoms with Gasteiger partial charge in [0, 0.05) is 5.88 Å². The molecule has 1 N–H and O–H groups in total. The predicted octanol–water partition coefficient (Wildman–Crippen LogP) is 1.95. The molecule has 0 radical (unpaired) electrons. The van der Waals surface area contributed by atoms with Crippen molar-refractivity contribution in [1.29, 1.82) is 0 Å². The van der Waals surface area contributed by atoms with Gasteiger partial charge in [-0.15, -0.1) is 11.6 Å². The van der Waals surface area contributed by atoms with E-state index in [-0.39, 0.29) is 5.88 Å². The van der Waals surface area contributed by atoms with Crippen LogP contribution < -0.4 is 4.72 Å². The quantitative estimate of drug-likeness (QED) is 0.836. The third kappa shape index (κ3) is 3.32. The molecule has 84 valence electrons. The maximum atomic E-state index is 13.0. The molecule has 0 aliphatic carbocycles. The molecule has 15 heavy (non-hydrogen) atoms. The lowest BCUT2D eigenvalue weighted by Gasteiger charge is -2.08. The summed E-state index contributed by atoms with van der Waals surface area (Å²) in [6, 6.07) is 3.06. The van der Waals surface area contributed by atoms with Crippen LogP contribution in [0.4, 0.5) is 14.5 Å². The van der Waals surface area contributed by atoms with Gasteiger partial charge in [-0.2, -0.15) is 0 Å². The molecule has 1 aromatic carbocycles. The van der Waals surface area contributed by atoms with Crippen molar-refractivity contribution in [2.75, 3.05) is 16.4 Å². The molecule has 0 atom stereocenters. The lowest BCUT2D eigenvalue weighted by molar-refractivity contribution is 0.583. The van der Waals surface area contributed by atoms with Crippen molar-refractivity contribution in [3.8, 4) is 0 Å². The third-order valence-electron chi connectivity index (χ3n) is 1.57. The summed E-state index contributed by atoms with van der Waals surface area (Å²) in [5.41, 5.74) is -0.678. The molecular weight excluding hydrogens is 248 g/mol. The summed E-state index contributed by atoms with van der Waals surface area (Å²) in [4.78, 5) is 0. The number of rotatable bonds is 4. The maximum Gasteiger partial charge on any atom is 0.234 e. The van der Waals surface area contributed by atoms with Gasteiger partial charge in [-0.1, -0.05) is 6.07 Å². The normalized spacial score (nSPS) is 11.4. The fourth-order valence-electron chi connectivity index (χ4n) is 0.903. The number of alkyl halides is 1. The van der Waals surface area contributed by atoms with E-state index in [1.807, 2.05) is 0 Å². The minimum atomic E-state index is -3.79. The third-order valence-corrected chi connectivity index (χ3v) is 3.24. The molecule has 0 unspecified atom stereocenters. The highest BCUT2D eigenvalue weighted by Gasteiger charge is 2.15. The van der Waals surface area contributed by atoms with Gasteiger partial charge in [0.1, 0.15) is 17.3 Å². The second-order valence-corrected chi connectivity index (χ2v) is 4.93. The van der Waals surface area contributed by atoms with Gasteiger partial charge in [0.15, 0.2) is 0 Å². The molecule has 0 aliphatic rings. The molecule has 0 fully saturated rings. The Hall–Kier alpha value is -0.880. The molecule has 0 amide bonds. The zero-order chi connectivity index (χ0) is 11.5. The first-order chi connectivity index (χ1) is 6.96. The summed E-state index contributed by atoms with van der Waals surface area (Å²) in [6.07, 6.45) is 0.